The summed E-state index contributed by atoms with van der Waals surface area (Å²) in [5.74, 6) is 0.394. The van der Waals surface area contributed by atoms with E-state index < -0.39 is 6.09 Å². The zero-order chi connectivity index (χ0) is 19.8. The van der Waals surface area contributed by atoms with Crippen LogP contribution in [0.2, 0.25) is 0 Å². The Hall–Kier alpha value is -3.09. The van der Waals surface area contributed by atoms with Gasteiger partial charge < -0.3 is 15.4 Å². The Morgan fingerprint density at radius 2 is 1.93 bits per heavy atom. The van der Waals surface area contributed by atoms with Crippen molar-refractivity contribution in [3.63, 3.8) is 0 Å². The predicted molar refractivity (Wildman–Crippen MR) is 105 cm³/mol. The van der Waals surface area contributed by atoms with Crippen LogP contribution >= 0.6 is 0 Å². The first-order chi connectivity index (χ1) is 12.9. The number of ether oxygens (including phenoxy) is 1. The van der Waals surface area contributed by atoms with Gasteiger partial charge in [-0.3, -0.25) is 10.3 Å². The molecule has 0 aromatic heterocycles. The van der Waals surface area contributed by atoms with Crippen molar-refractivity contribution in [1.82, 2.24) is 10.6 Å². The number of nitrogens with one attached hydrogen (secondary N) is 3. The van der Waals surface area contributed by atoms with Gasteiger partial charge >= 0.3 is 6.09 Å². The van der Waals surface area contributed by atoms with Gasteiger partial charge in [0.1, 0.15) is 5.82 Å². The van der Waals surface area contributed by atoms with Gasteiger partial charge in [0.25, 0.3) is 0 Å². The van der Waals surface area contributed by atoms with E-state index in [0.29, 0.717) is 23.8 Å². The molecule has 1 amide bonds. The van der Waals surface area contributed by atoms with Gasteiger partial charge in [0.05, 0.1) is 13.2 Å². The number of methoxy groups -OCH3 is 1. The largest absolute Gasteiger partial charge is 0.453 e. The first-order valence-electron chi connectivity index (χ1n) is 8.60. The minimum atomic E-state index is -0.507. The van der Waals surface area contributed by atoms with E-state index in [0.717, 1.165) is 11.1 Å². The molecule has 1 atom stereocenters. The highest BCUT2D eigenvalue weighted by Crippen LogP contribution is 2.16. The molecule has 7 heteroatoms. The highest BCUT2D eigenvalue weighted by Gasteiger charge is 2.10. The molecule has 0 fully saturated rings. The lowest BCUT2D eigenvalue weighted by atomic mass is 10.1. The van der Waals surface area contributed by atoms with Crippen molar-refractivity contribution < 1.29 is 13.9 Å². The van der Waals surface area contributed by atoms with E-state index in [1.54, 1.807) is 32.2 Å². The van der Waals surface area contributed by atoms with Crippen LogP contribution in [0, 0.1) is 12.7 Å². The number of amides is 1. The number of carbonyl (C=O) groups excluding carboxylic acids is 1. The number of aryl methyl sites for hydroxylation is 1. The van der Waals surface area contributed by atoms with Gasteiger partial charge in [-0.15, -0.1) is 0 Å². The van der Waals surface area contributed by atoms with E-state index in [1.807, 2.05) is 25.1 Å². The van der Waals surface area contributed by atoms with Gasteiger partial charge in [-0.2, -0.15) is 0 Å². The number of nitrogens with zero attached hydrogens (tertiary/aromatic N) is 1. The Labute approximate surface area is 158 Å². The second kappa shape index (κ2) is 9.56. The third kappa shape index (κ3) is 5.99. The van der Waals surface area contributed by atoms with E-state index in [1.165, 1.54) is 13.2 Å². The second-order valence-corrected chi connectivity index (χ2v) is 6.11. The van der Waals surface area contributed by atoms with Crippen LogP contribution in [-0.2, 0) is 11.3 Å². The number of guanidine groups is 1. The molecule has 0 saturated carbocycles. The fraction of sp³-hybridized carbons (Fsp3) is 0.300. The van der Waals surface area contributed by atoms with Gasteiger partial charge in [0, 0.05) is 19.3 Å². The van der Waals surface area contributed by atoms with E-state index >= 15 is 0 Å². The fourth-order valence-corrected chi connectivity index (χ4v) is 2.42. The molecule has 0 heterocycles. The maximum absolute atomic E-state index is 13.8. The zero-order valence-electron chi connectivity index (χ0n) is 16.0. The van der Waals surface area contributed by atoms with Crippen LogP contribution in [0.1, 0.15) is 29.7 Å². The van der Waals surface area contributed by atoms with Crippen molar-refractivity contribution in [1.29, 1.82) is 0 Å². The summed E-state index contributed by atoms with van der Waals surface area (Å²) < 4.78 is 18.3. The normalized spacial score (nSPS) is 12.3. The number of aliphatic imine (C=N–C) groups is 1. The monoisotopic (exact) mass is 372 g/mol. The summed E-state index contributed by atoms with van der Waals surface area (Å²) in [5, 5.41) is 9.06. The highest BCUT2D eigenvalue weighted by atomic mass is 19.1. The van der Waals surface area contributed by atoms with Gasteiger partial charge in [0.2, 0.25) is 0 Å². The average molecular weight is 372 g/mol. The van der Waals surface area contributed by atoms with Crippen LogP contribution in [0.3, 0.4) is 0 Å². The van der Waals surface area contributed by atoms with Crippen molar-refractivity contribution in [3.8, 4) is 0 Å². The maximum Gasteiger partial charge on any atom is 0.411 e. The molecule has 3 N–H and O–H groups in total. The number of halogens is 1. The molecule has 0 saturated heterocycles. The Kier molecular flexibility index (Phi) is 7.16. The van der Waals surface area contributed by atoms with Crippen LogP contribution in [-0.4, -0.2) is 26.2 Å². The molecule has 144 valence electrons. The number of hydrogen-bond donors (Lipinski definition) is 3. The summed E-state index contributed by atoms with van der Waals surface area (Å²) in [5.41, 5.74) is 3.14. The molecule has 0 bridgehead atoms. The van der Waals surface area contributed by atoms with Gasteiger partial charge in [0.15, 0.2) is 5.96 Å². The molecule has 0 radical (unpaired) electrons. The Morgan fingerprint density at radius 1 is 1.22 bits per heavy atom. The smallest absolute Gasteiger partial charge is 0.411 e. The molecule has 0 aliphatic carbocycles. The molecule has 0 spiro atoms. The molecule has 27 heavy (non-hydrogen) atoms. The van der Waals surface area contributed by atoms with Crippen molar-refractivity contribution in [2.24, 2.45) is 4.99 Å². The quantitative estimate of drug-likeness (QED) is 0.552. The third-order valence-electron chi connectivity index (χ3n) is 4.12. The SMILES string of the molecule is CN=C(NCc1ccc(NC(=O)OC)cc1)NC(C)c1ccc(C)c(F)c1. The fourth-order valence-electron chi connectivity index (χ4n) is 2.42. The molecular weight excluding hydrogens is 347 g/mol. The first-order valence-corrected chi connectivity index (χ1v) is 8.60. The highest BCUT2D eigenvalue weighted by molar-refractivity contribution is 5.84. The topological polar surface area (TPSA) is 74.8 Å². The third-order valence-corrected chi connectivity index (χ3v) is 4.12. The number of carbonyl (C=O) groups is 1. The van der Waals surface area contributed by atoms with Gasteiger partial charge in [-0.1, -0.05) is 24.3 Å². The molecule has 2 aromatic carbocycles. The lowest BCUT2D eigenvalue weighted by Gasteiger charge is -2.19. The van der Waals surface area contributed by atoms with E-state index in [-0.39, 0.29) is 11.9 Å². The molecule has 2 aromatic rings. The van der Waals surface area contributed by atoms with E-state index in [2.05, 4.69) is 25.7 Å². The number of anilines is 1. The second-order valence-electron chi connectivity index (χ2n) is 6.11. The van der Waals surface area contributed by atoms with Gasteiger partial charge in [-0.05, 0) is 48.7 Å². The van der Waals surface area contributed by atoms with Crippen LogP contribution in [0.15, 0.2) is 47.5 Å². The number of hydrogen-bond acceptors (Lipinski definition) is 3. The number of benzene rings is 2. The minimum absolute atomic E-state index is 0.0991. The van der Waals surface area contributed by atoms with Crippen LogP contribution in [0.25, 0.3) is 0 Å². The standard InChI is InChI=1S/C20H25FN4O2/c1-13-5-8-16(11-18(13)21)14(2)24-19(22-3)23-12-15-6-9-17(10-7-15)25-20(26)27-4/h5-11,14H,12H2,1-4H3,(H,25,26)(H2,22,23,24). The van der Waals surface area contributed by atoms with Crippen LogP contribution in [0.4, 0.5) is 14.9 Å². The maximum atomic E-state index is 13.8. The van der Waals surface area contributed by atoms with Crippen LogP contribution < -0.4 is 16.0 Å². The van der Waals surface area contributed by atoms with Crippen molar-refractivity contribution >= 4 is 17.7 Å². The zero-order valence-corrected chi connectivity index (χ0v) is 16.0. The molecule has 2 rings (SSSR count). The lowest BCUT2D eigenvalue weighted by Crippen LogP contribution is -2.38. The first kappa shape index (κ1) is 20.2. The molecule has 0 aliphatic rings. The Bertz CT molecular complexity index is 806. The summed E-state index contributed by atoms with van der Waals surface area (Å²) in [6.07, 6.45) is -0.507. The summed E-state index contributed by atoms with van der Waals surface area (Å²) in [4.78, 5) is 15.4. The molecular formula is C20H25FN4O2. The van der Waals surface area contributed by atoms with Gasteiger partial charge in [-0.25, -0.2) is 9.18 Å². The van der Waals surface area contributed by atoms with E-state index in [9.17, 15) is 9.18 Å². The van der Waals surface area contributed by atoms with Crippen molar-refractivity contribution in [3.05, 3.63) is 65.0 Å². The lowest BCUT2D eigenvalue weighted by molar-refractivity contribution is 0.187. The average Bonchev–Trinajstić information content (AvgIpc) is 2.68. The predicted octanol–water partition coefficient (Wildman–Crippen LogP) is 3.74. The van der Waals surface area contributed by atoms with Crippen molar-refractivity contribution in [2.75, 3.05) is 19.5 Å². The molecule has 0 aliphatic heterocycles. The van der Waals surface area contributed by atoms with E-state index in [4.69, 9.17) is 0 Å². The van der Waals surface area contributed by atoms with Crippen LogP contribution in [0.5, 0.6) is 0 Å². The minimum Gasteiger partial charge on any atom is -0.453 e. The Morgan fingerprint density at radius 3 is 2.52 bits per heavy atom. The summed E-state index contributed by atoms with van der Waals surface area (Å²) in [6, 6.07) is 12.5. The Balaban J connectivity index is 1.91. The molecule has 1 unspecified atom stereocenters. The molecule has 6 nitrogen and oxygen atoms in total. The summed E-state index contributed by atoms with van der Waals surface area (Å²) >= 11 is 0. The summed E-state index contributed by atoms with van der Waals surface area (Å²) in [7, 11) is 3.00. The summed E-state index contributed by atoms with van der Waals surface area (Å²) in [6.45, 7) is 4.24. The number of rotatable bonds is 5. The van der Waals surface area contributed by atoms with Crippen molar-refractivity contribution in [2.45, 2.75) is 26.4 Å².